The van der Waals surface area contributed by atoms with Crippen LogP contribution in [0.5, 0.6) is 0 Å². The number of aromatic nitrogens is 5. The van der Waals surface area contributed by atoms with Gasteiger partial charge in [-0.3, -0.25) is 14.3 Å². The van der Waals surface area contributed by atoms with E-state index in [0.717, 1.165) is 58.8 Å². The van der Waals surface area contributed by atoms with Gasteiger partial charge in [0.25, 0.3) is 11.5 Å². The predicted octanol–water partition coefficient (Wildman–Crippen LogP) is 4.26. The van der Waals surface area contributed by atoms with Gasteiger partial charge in [-0.25, -0.2) is 5.10 Å². The van der Waals surface area contributed by atoms with Gasteiger partial charge in [0.1, 0.15) is 5.69 Å². The van der Waals surface area contributed by atoms with E-state index in [-0.39, 0.29) is 22.9 Å². The Morgan fingerprint density at radius 3 is 2.67 bits per heavy atom. The molecule has 8 heteroatoms. The minimum atomic E-state index is -0.139. The summed E-state index contributed by atoms with van der Waals surface area (Å²) in [5.41, 5.74) is 4.70. The zero-order chi connectivity index (χ0) is 24.4. The summed E-state index contributed by atoms with van der Waals surface area (Å²) < 4.78 is 1.78. The van der Waals surface area contributed by atoms with Gasteiger partial charge in [0.15, 0.2) is 0 Å². The minimum Gasteiger partial charge on any atom is -0.350 e. The number of rotatable bonds is 4. The number of carbonyl (C=O) groups is 1. The van der Waals surface area contributed by atoms with Crippen molar-refractivity contribution in [3.63, 3.8) is 0 Å². The van der Waals surface area contributed by atoms with E-state index in [9.17, 15) is 9.59 Å². The third-order valence-corrected chi connectivity index (χ3v) is 8.08. The number of para-hydroxylation sites is 1. The van der Waals surface area contributed by atoms with Crippen molar-refractivity contribution in [2.75, 3.05) is 0 Å². The summed E-state index contributed by atoms with van der Waals surface area (Å²) >= 11 is 0. The quantitative estimate of drug-likeness (QED) is 0.359. The van der Waals surface area contributed by atoms with E-state index in [4.69, 9.17) is 0 Å². The molecule has 36 heavy (non-hydrogen) atoms. The van der Waals surface area contributed by atoms with Crippen LogP contribution in [-0.4, -0.2) is 36.9 Å². The standard InChI is InChI=1S/C28H26N6O2/c1-34-15-18(14-29-34)20-8-4-5-16-9-23(31-24(16)20)27(36)30-19-12-28(13-19)10-17(11-28)25-21-6-2-3-7-22(21)26(35)33-32-25/h2-9,14-15,17,19,31H,10-13H2,1H3,(H,30,36)(H,33,35)/t17-,19-,28?. The number of carbonyl (C=O) groups excluding carboxylic acids is 1. The number of hydrogen-bond acceptors (Lipinski definition) is 4. The molecule has 7 rings (SSSR count). The van der Waals surface area contributed by atoms with Gasteiger partial charge in [0, 0.05) is 47.1 Å². The van der Waals surface area contributed by atoms with Crippen molar-refractivity contribution in [3.8, 4) is 11.1 Å². The van der Waals surface area contributed by atoms with Gasteiger partial charge < -0.3 is 10.3 Å². The van der Waals surface area contributed by atoms with Crippen LogP contribution in [-0.2, 0) is 7.05 Å². The van der Waals surface area contributed by atoms with Crippen LogP contribution < -0.4 is 10.9 Å². The Morgan fingerprint density at radius 2 is 1.89 bits per heavy atom. The first-order chi connectivity index (χ1) is 17.5. The molecule has 8 nitrogen and oxygen atoms in total. The highest BCUT2D eigenvalue weighted by atomic mass is 16.2. The van der Waals surface area contributed by atoms with Crippen LogP contribution in [0.4, 0.5) is 0 Å². The van der Waals surface area contributed by atoms with Crippen LogP contribution in [0.15, 0.2) is 65.7 Å². The lowest BCUT2D eigenvalue weighted by Gasteiger charge is -2.57. The Balaban J connectivity index is 1.02. The smallest absolute Gasteiger partial charge is 0.272 e. The second-order valence-corrected chi connectivity index (χ2v) is 10.5. The summed E-state index contributed by atoms with van der Waals surface area (Å²) in [4.78, 5) is 28.5. The Hall–Kier alpha value is -4.20. The Labute approximate surface area is 206 Å². The predicted molar refractivity (Wildman–Crippen MR) is 138 cm³/mol. The molecule has 0 unspecified atom stereocenters. The molecule has 1 spiro atoms. The largest absolute Gasteiger partial charge is 0.350 e. The highest BCUT2D eigenvalue weighted by molar-refractivity contribution is 6.02. The normalized spacial score (nSPS) is 23.0. The molecule has 0 atom stereocenters. The second-order valence-electron chi connectivity index (χ2n) is 10.5. The third kappa shape index (κ3) is 3.28. The molecule has 3 aromatic heterocycles. The van der Waals surface area contributed by atoms with Crippen molar-refractivity contribution in [1.29, 1.82) is 0 Å². The lowest BCUT2D eigenvalue weighted by molar-refractivity contribution is -0.0197. The summed E-state index contributed by atoms with van der Waals surface area (Å²) in [5.74, 6) is 0.287. The molecule has 2 aliphatic carbocycles. The number of aromatic amines is 2. The fraction of sp³-hybridized carbons (Fsp3) is 0.286. The lowest BCUT2D eigenvalue weighted by atomic mass is 9.49. The fourth-order valence-electron chi connectivity index (χ4n) is 6.39. The molecule has 2 aromatic carbocycles. The maximum absolute atomic E-state index is 13.0. The first-order valence-electron chi connectivity index (χ1n) is 12.4. The number of nitrogens with zero attached hydrogens (tertiary/aromatic N) is 3. The van der Waals surface area contributed by atoms with Crippen molar-refractivity contribution < 1.29 is 4.79 Å². The maximum Gasteiger partial charge on any atom is 0.272 e. The van der Waals surface area contributed by atoms with Gasteiger partial charge in [-0.15, -0.1) is 0 Å². The van der Waals surface area contributed by atoms with Gasteiger partial charge in [0.2, 0.25) is 0 Å². The fourth-order valence-corrected chi connectivity index (χ4v) is 6.39. The van der Waals surface area contributed by atoms with Crippen molar-refractivity contribution in [2.24, 2.45) is 12.5 Å². The van der Waals surface area contributed by atoms with Gasteiger partial charge in [0.05, 0.1) is 22.8 Å². The van der Waals surface area contributed by atoms with Crippen LogP contribution >= 0.6 is 0 Å². The molecule has 3 heterocycles. The molecule has 1 amide bonds. The summed E-state index contributed by atoms with van der Waals surface area (Å²) in [6.07, 6.45) is 7.86. The zero-order valence-electron chi connectivity index (χ0n) is 19.9. The Kier molecular flexibility index (Phi) is 4.49. The van der Waals surface area contributed by atoms with Crippen molar-refractivity contribution in [2.45, 2.75) is 37.6 Å². The third-order valence-electron chi connectivity index (χ3n) is 8.08. The Bertz CT molecular complexity index is 1700. The van der Waals surface area contributed by atoms with Crippen LogP contribution in [0.3, 0.4) is 0 Å². The van der Waals surface area contributed by atoms with Gasteiger partial charge >= 0.3 is 0 Å². The molecule has 2 aliphatic rings. The number of hydrogen-bond donors (Lipinski definition) is 3. The Morgan fingerprint density at radius 1 is 1.08 bits per heavy atom. The van der Waals surface area contributed by atoms with E-state index in [1.807, 2.05) is 68.0 Å². The highest BCUT2D eigenvalue weighted by Crippen LogP contribution is 2.62. The number of H-pyrrole nitrogens is 2. The average molecular weight is 479 g/mol. The first kappa shape index (κ1) is 21.1. The topological polar surface area (TPSA) is 108 Å². The summed E-state index contributed by atoms with van der Waals surface area (Å²) in [7, 11) is 1.90. The van der Waals surface area contributed by atoms with E-state index >= 15 is 0 Å². The number of benzene rings is 2. The number of aryl methyl sites for hydroxylation is 1. The average Bonchev–Trinajstić information content (AvgIpc) is 3.47. The molecule has 0 radical (unpaired) electrons. The SMILES string of the molecule is Cn1cc(-c2cccc3cc(C(=O)N[C@H]4CC5(C4)C[C@H](c4n[nH]c(=O)c6ccccc64)C5)[nH]c23)cn1. The molecule has 0 aliphatic heterocycles. The highest BCUT2D eigenvalue weighted by Gasteiger charge is 2.54. The molecule has 0 bridgehead atoms. The molecular formula is C28H26N6O2. The second kappa shape index (κ2) is 7.65. The molecule has 2 fully saturated rings. The number of amides is 1. The van der Waals surface area contributed by atoms with E-state index in [2.05, 4.69) is 25.6 Å². The van der Waals surface area contributed by atoms with E-state index in [0.29, 0.717) is 17.0 Å². The van der Waals surface area contributed by atoms with Crippen LogP contribution in [0.1, 0.15) is 47.8 Å². The molecule has 2 saturated carbocycles. The lowest BCUT2D eigenvalue weighted by Crippen LogP contribution is -2.55. The zero-order valence-corrected chi connectivity index (χ0v) is 19.9. The summed E-state index contributed by atoms with van der Waals surface area (Å²) in [5, 5.41) is 17.2. The minimum absolute atomic E-state index is 0.0626. The van der Waals surface area contributed by atoms with E-state index in [1.54, 1.807) is 4.68 Å². The van der Waals surface area contributed by atoms with Crippen molar-refractivity contribution in [1.82, 2.24) is 30.3 Å². The summed E-state index contributed by atoms with van der Waals surface area (Å²) in [6.45, 7) is 0. The first-order valence-corrected chi connectivity index (χ1v) is 12.4. The van der Waals surface area contributed by atoms with Crippen molar-refractivity contribution in [3.05, 3.63) is 82.7 Å². The van der Waals surface area contributed by atoms with E-state index < -0.39 is 0 Å². The number of nitrogens with one attached hydrogen (secondary N) is 3. The van der Waals surface area contributed by atoms with Gasteiger partial charge in [-0.1, -0.05) is 36.4 Å². The monoisotopic (exact) mass is 478 g/mol. The van der Waals surface area contributed by atoms with Crippen LogP contribution in [0, 0.1) is 5.41 Å². The van der Waals surface area contributed by atoms with Crippen LogP contribution in [0.2, 0.25) is 0 Å². The molecule has 5 aromatic rings. The number of fused-ring (bicyclic) bond motifs is 2. The summed E-state index contributed by atoms with van der Waals surface area (Å²) in [6, 6.07) is 15.9. The van der Waals surface area contributed by atoms with Gasteiger partial charge in [-0.05, 0) is 43.2 Å². The molecule has 0 saturated heterocycles. The molecule has 3 N–H and O–H groups in total. The van der Waals surface area contributed by atoms with Crippen molar-refractivity contribution >= 4 is 27.6 Å². The maximum atomic E-state index is 13.0. The van der Waals surface area contributed by atoms with E-state index in [1.165, 1.54) is 0 Å². The van der Waals surface area contributed by atoms with Crippen LogP contribution in [0.25, 0.3) is 32.8 Å². The van der Waals surface area contributed by atoms with Gasteiger partial charge in [-0.2, -0.15) is 10.2 Å². The molecule has 180 valence electrons. The molecular weight excluding hydrogens is 452 g/mol.